The number of carbonyl (C=O) groups is 1. The van der Waals surface area contributed by atoms with Gasteiger partial charge in [-0.3, -0.25) is 4.79 Å². The largest absolute Gasteiger partial charge is 0.467 e. The third-order valence-corrected chi connectivity index (χ3v) is 3.49. The Kier molecular flexibility index (Phi) is 4.35. The standard InChI is InChI=1S/C14H18N6O3/c1-9-7-10(19-23-9)12(21)15-8-11-16-13(18-14(17-11)22-2)20-5-3-4-6-20/h7H,3-6,8H2,1-2H3,(H,15,21). The highest BCUT2D eigenvalue weighted by Gasteiger charge is 2.18. The Morgan fingerprint density at radius 3 is 2.78 bits per heavy atom. The number of nitrogens with zero attached hydrogens (tertiary/aromatic N) is 5. The molecule has 122 valence electrons. The molecule has 23 heavy (non-hydrogen) atoms. The highest BCUT2D eigenvalue weighted by molar-refractivity contribution is 5.92. The smallest absolute Gasteiger partial charge is 0.321 e. The second-order valence-corrected chi connectivity index (χ2v) is 5.24. The number of hydrogen-bond acceptors (Lipinski definition) is 8. The highest BCUT2D eigenvalue weighted by atomic mass is 16.5. The van der Waals surface area contributed by atoms with Crippen molar-refractivity contribution >= 4 is 11.9 Å². The molecule has 0 aliphatic carbocycles. The molecule has 0 spiro atoms. The van der Waals surface area contributed by atoms with Gasteiger partial charge in [-0.1, -0.05) is 5.16 Å². The van der Waals surface area contributed by atoms with Crippen molar-refractivity contribution in [3.8, 4) is 6.01 Å². The summed E-state index contributed by atoms with van der Waals surface area (Å²) in [7, 11) is 1.50. The normalized spacial score (nSPS) is 14.1. The van der Waals surface area contributed by atoms with E-state index < -0.39 is 0 Å². The second-order valence-electron chi connectivity index (χ2n) is 5.24. The molecule has 2 aromatic heterocycles. The van der Waals surface area contributed by atoms with Gasteiger partial charge in [-0.15, -0.1) is 0 Å². The van der Waals surface area contributed by atoms with Gasteiger partial charge in [0, 0.05) is 19.2 Å². The molecule has 3 rings (SSSR count). The highest BCUT2D eigenvalue weighted by Crippen LogP contribution is 2.17. The van der Waals surface area contributed by atoms with Gasteiger partial charge in [0.1, 0.15) is 5.76 Å². The van der Waals surface area contributed by atoms with Gasteiger partial charge < -0.3 is 19.5 Å². The van der Waals surface area contributed by atoms with Crippen LogP contribution < -0.4 is 15.0 Å². The zero-order valence-electron chi connectivity index (χ0n) is 13.1. The van der Waals surface area contributed by atoms with Gasteiger partial charge in [0.25, 0.3) is 5.91 Å². The first-order valence-electron chi connectivity index (χ1n) is 7.41. The van der Waals surface area contributed by atoms with E-state index in [4.69, 9.17) is 9.26 Å². The maximum absolute atomic E-state index is 12.0. The number of hydrogen-bond donors (Lipinski definition) is 1. The Hall–Kier alpha value is -2.71. The summed E-state index contributed by atoms with van der Waals surface area (Å²) in [5.41, 5.74) is 0.225. The molecule has 1 aliphatic heterocycles. The van der Waals surface area contributed by atoms with E-state index in [1.807, 2.05) is 0 Å². The number of nitrogens with one attached hydrogen (secondary N) is 1. The topological polar surface area (TPSA) is 106 Å². The monoisotopic (exact) mass is 318 g/mol. The maximum atomic E-state index is 12.0. The molecular formula is C14H18N6O3. The molecule has 0 radical (unpaired) electrons. The van der Waals surface area contributed by atoms with Crippen LogP contribution >= 0.6 is 0 Å². The average Bonchev–Trinajstić information content (AvgIpc) is 3.23. The first kappa shape index (κ1) is 15.2. The van der Waals surface area contributed by atoms with Crippen LogP contribution in [0.1, 0.15) is 34.9 Å². The molecule has 1 fully saturated rings. The molecule has 1 N–H and O–H groups in total. The molecule has 0 saturated carbocycles. The SMILES string of the molecule is COc1nc(CNC(=O)c2cc(C)on2)nc(N2CCCC2)n1. The van der Waals surface area contributed by atoms with Crippen molar-refractivity contribution < 1.29 is 14.1 Å². The number of carbonyl (C=O) groups excluding carboxylic acids is 1. The van der Waals surface area contributed by atoms with E-state index in [0.29, 0.717) is 17.5 Å². The van der Waals surface area contributed by atoms with Crippen LogP contribution in [0.3, 0.4) is 0 Å². The number of aryl methyl sites for hydroxylation is 1. The fourth-order valence-electron chi connectivity index (χ4n) is 2.34. The number of methoxy groups -OCH3 is 1. The number of rotatable bonds is 5. The zero-order valence-corrected chi connectivity index (χ0v) is 13.1. The minimum absolute atomic E-state index is 0.157. The molecule has 0 atom stereocenters. The Balaban J connectivity index is 1.71. The summed E-state index contributed by atoms with van der Waals surface area (Å²) >= 11 is 0. The molecule has 2 aromatic rings. The van der Waals surface area contributed by atoms with E-state index in [2.05, 4.69) is 30.3 Å². The molecule has 9 heteroatoms. The zero-order chi connectivity index (χ0) is 16.2. The molecule has 0 aromatic carbocycles. The summed E-state index contributed by atoms with van der Waals surface area (Å²) in [6.07, 6.45) is 2.23. The molecular weight excluding hydrogens is 300 g/mol. The summed E-state index contributed by atoms with van der Waals surface area (Å²) < 4.78 is 10.0. The molecule has 1 saturated heterocycles. The molecule has 0 bridgehead atoms. The van der Waals surface area contributed by atoms with E-state index in [9.17, 15) is 4.79 Å². The van der Waals surface area contributed by atoms with Crippen LogP contribution in [0.15, 0.2) is 10.6 Å². The Bertz CT molecular complexity index is 696. The van der Waals surface area contributed by atoms with Gasteiger partial charge in [0.2, 0.25) is 5.95 Å². The molecule has 0 unspecified atom stereocenters. The van der Waals surface area contributed by atoms with Crippen LogP contribution in [0.5, 0.6) is 6.01 Å². The number of amides is 1. The molecule has 9 nitrogen and oxygen atoms in total. The lowest BCUT2D eigenvalue weighted by molar-refractivity contribution is 0.0940. The van der Waals surface area contributed by atoms with E-state index in [1.54, 1.807) is 13.0 Å². The van der Waals surface area contributed by atoms with Gasteiger partial charge >= 0.3 is 6.01 Å². The van der Waals surface area contributed by atoms with E-state index >= 15 is 0 Å². The van der Waals surface area contributed by atoms with Crippen LogP contribution in [0, 0.1) is 6.92 Å². The summed E-state index contributed by atoms with van der Waals surface area (Å²) in [5, 5.41) is 6.38. The summed E-state index contributed by atoms with van der Waals surface area (Å²) in [6.45, 7) is 3.71. The van der Waals surface area contributed by atoms with Gasteiger partial charge in [-0.25, -0.2) is 0 Å². The average molecular weight is 318 g/mol. The second kappa shape index (κ2) is 6.59. The predicted octanol–water partition coefficient (Wildman–Crippen LogP) is 0.707. The summed E-state index contributed by atoms with van der Waals surface area (Å²) in [4.78, 5) is 26.9. The lowest BCUT2D eigenvalue weighted by Gasteiger charge is -2.16. The molecule has 3 heterocycles. The van der Waals surface area contributed by atoms with Crippen molar-refractivity contribution in [1.29, 1.82) is 0 Å². The Morgan fingerprint density at radius 1 is 1.35 bits per heavy atom. The van der Waals surface area contributed by atoms with Gasteiger partial charge in [-0.2, -0.15) is 15.0 Å². The minimum Gasteiger partial charge on any atom is -0.467 e. The first-order valence-corrected chi connectivity index (χ1v) is 7.41. The third-order valence-electron chi connectivity index (χ3n) is 3.49. The Morgan fingerprint density at radius 2 is 2.13 bits per heavy atom. The Labute approximate surface area is 133 Å². The predicted molar refractivity (Wildman–Crippen MR) is 80.2 cm³/mol. The van der Waals surface area contributed by atoms with Crippen molar-refractivity contribution in [2.24, 2.45) is 0 Å². The van der Waals surface area contributed by atoms with Crippen molar-refractivity contribution in [1.82, 2.24) is 25.4 Å². The van der Waals surface area contributed by atoms with E-state index in [0.717, 1.165) is 25.9 Å². The molecule has 1 aliphatic rings. The molecule has 1 amide bonds. The van der Waals surface area contributed by atoms with Gasteiger partial charge in [0.15, 0.2) is 11.5 Å². The number of aromatic nitrogens is 4. The van der Waals surface area contributed by atoms with Crippen molar-refractivity contribution in [3.05, 3.63) is 23.3 Å². The number of anilines is 1. The fourth-order valence-corrected chi connectivity index (χ4v) is 2.34. The lowest BCUT2D eigenvalue weighted by atomic mass is 10.3. The quantitative estimate of drug-likeness (QED) is 0.859. The van der Waals surface area contributed by atoms with E-state index in [1.165, 1.54) is 7.11 Å². The lowest BCUT2D eigenvalue weighted by Crippen LogP contribution is -2.26. The van der Waals surface area contributed by atoms with Gasteiger partial charge in [-0.05, 0) is 19.8 Å². The van der Waals surface area contributed by atoms with Crippen LogP contribution in [0.25, 0.3) is 0 Å². The van der Waals surface area contributed by atoms with Crippen molar-refractivity contribution in [2.75, 3.05) is 25.1 Å². The fraction of sp³-hybridized carbons (Fsp3) is 0.500. The van der Waals surface area contributed by atoms with Crippen LogP contribution in [0.2, 0.25) is 0 Å². The van der Waals surface area contributed by atoms with Crippen molar-refractivity contribution in [2.45, 2.75) is 26.3 Å². The minimum atomic E-state index is -0.344. The number of ether oxygens (including phenoxy) is 1. The van der Waals surface area contributed by atoms with Crippen LogP contribution in [-0.2, 0) is 6.54 Å². The third kappa shape index (κ3) is 3.55. The van der Waals surface area contributed by atoms with Crippen LogP contribution in [0.4, 0.5) is 5.95 Å². The van der Waals surface area contributed by atoms with Gasteiger partial charge in [0.05, 0.1) is 13.7 Å². The first-order chi connectivity index (χ1) is 11.2. The maximum Gasteiger partial charge on any atom is 0.321 e. The van der Waals surface area contributed by atoms with Crippen LogP contribution in [-0.4, -0.2) is 46.2 Å². The summed E-state index contributed by atoms with van der Waals surface area (Å²) in [5.74, 6) is 1.25. The van der Waals surface area contributed by atoms with Crippen molar-refractivity contribution in [3.63, 3.8) is 0 Å². The van der Waals surface area contributed by atoms with E-state index in [-0.39, 0.29) is 24.2 Å². The summed E-state index contributed by atoms with van der Waals surface area (Å²) in [6, 6.07) is 1.81.